The van der Waals surface area contributed by atoms with Crippen LogP contribution in [-0.2, 0) is 0 Å². The van der Waals surface area contributed by atoms with Gasteiger partial charge >= 0.3 is 0 Å². The molecule has 0 saturated heterocycles. The molecule has 56 valence electrons. The van der Waals surface area contributed by atoms with E-state index in [1.165, 1.54) is 19.3 Å². The van der Waals surface area contributed by atoms with E-state index in [-0.39, 0.29) is 6.04 Å². The minimum atomic E-state index is 0.161. The predicted molar refractivity (Wildman–Crippen MR) is 40.4 cm³/mol. The van der Waals surface area contributed by atoms with E-state index in [4.69, 9.17) is 5.26 Å². The fraction of sp³-hybridized carbons (Fsp3) is 0.875. The van der Waals surface area contributed by atoms with Gasteiger partial charge in [-0.25, -0.2) is 0 Å². The minimum absolute atomic E-state index is 0.161. The maximum Gasteiger partial charge on any atom is 0.100 e. The topological polar surface area (TPSA) is 27.0 Å². The number of rotatable bonds is 2. The van der Waals surface area contributed by atoms with Crippen molar-refractivity contribution in [2.24, 2.45) is 5.92 Å². The monoisotopic (exact) mass is 138 g/mol. The molecule has 1 fully saturated rings. The summed E-state index contributed by atoms with van der Waals surface area (Å²) >= 11 is 0. The molecule has 2 nitrogen and oxygen atoms in total. The van der Waals surface area contributed by atoms with E-state index in [0.29, 0.717) is 5.92 Å². The van der Waals surface area contributed by atoms with E-state index >= 15 is 0 Å². The van der Waals surface area contributed by atoms with Gasteiger partial charge in [-0.15, -0.1) is 0 Å². The van der Waals surface area contributed by atoms with E-state index in [0.717, 1.165) is 0 Å². The maximum atomic E-state index is 8.74. The number of hydrogen-bond acceptors (Lipinski definition) is 2. The molecule has 1 rings (SSSR count). The SMILES string of the molecule is CN(C)C(C#N)C1CCC1. The van der Waals surface area contributed by atoms with Gasteiger partial charge in [0.05, 0.1) is 6.07 Å². The molecule has 0 aromatic carbocycles. The summed E-state index contributed by atoms with van der Waals surface area (Å²) in [6.45, 7) is 0. The van der Waals surface area contributed by atoms with Gasteiger partial charge in [-0.3, -0.25) is 4.90 Å². The average molecular weight is 138 g/mol. The van der Waals surface area contributed by atoms with Crippen LogP contribution in [-0.4, -0.2) is 25.0 Å². The molecule has 0 heterocycles. The van der Waals surface area contributed by atoms with Crippen LogP contribution in [0.3, 0.4) is 0 Å². The van der Waals surface area contributed by atoms with Crippen molar-refractivity contribution in [3.8, 4) is 6.07 Å². The molecule has 1 saturated carbocycles. The molecule has 2 heteroatoms. The largest absolute Gasteiger partial charge is 0.294 e. The zero-order valence-corrected chi connectivity index (χ0v) is 6.67. The summed E-state index contributed by atoms with van der Waals surface area (Å²) in [4.78, 5) is 2.02. The van der Waals surface area contributed by atoms with Gasteiger partial charge in [0.1, 0.15) is 6.04 Å². The highest BCUT2D eigenvalue weighted by Gasteiger charge is 2.28. The van der Waals surface area contributed by atoms with Crippen LogP contribution >= 0.6 is 0 Å². The Balaban J connectivity index is 2.41. The lowest BCUT2D eigenvalue weighted by atomic mass is 9.80. The Kier molecular flexibility index (Phi) is 2.29. The standard InChI is InChI=1S/C8H14N2/c1-10(2)8(6-9)7-4-3-5-7/h7-8H,3-5H2,1-2H3. The van der Waals surface area contributed by atoms with Crippen molar-refractivity contribution in [3.63, 3.8) is 0 Å². The van der Waals surface area contributed by atoms with Crippen LogP contribution in [0.5, 0.6) is 0 Å². The molecule has 1 atom stereocenters. The first-order valence-electron chi connectivity index (χ1n) is 3.81. The van der Waals surface area contributed by atoms with Crippen molar-refractivity contribution in [3.05, 3.63) is 0 Å². The van der Waals surface area contributed by atoms with Crippen LogP contribution in [0.1, 0.15) is 19.3 Å². The van der Waals surface area contributed by atoms with Gasteiger partial charge in [0.25, 0.3) is 0 Å². The van der Waals surface area contributed by atoms with Gasteiger partial charge in [-0.1, -0.05) is 6.42 Å². The molecule has 0 amide bonds. The first kappa shape index (κ1) is 7.56. The zero-order valence-electron chi connectivity index (χ0n) is 6.67. The molecule has 0 radical (unpaired) electrons. The average Bonchev–Trinajstić information content (AvgIpc) is 1.76. The highest BCUT2D eigenvalue weighted by atomic mass is 15.1. The molecule has 1 aliphatic rings. The molecular formula is C8H14N2. The molecule has 0 aromatic rings. The van der Waals surface area contributed by atoms with Crippen molar-refractivity contribution < 1.29 is 0 Å². The Morgan fingerprint density at radius 2 is 2.10 bits per heavy atom. The Hall–Kier alpha value is -0.550. The summed E-state index contributed by atoms with van der Waals surface area (Å²) in [5.74, 6) is 0.653. The van der Waals surface area contributed by atoms with E-state index < -0.39 is 0 Å². The van der Waals surface area contributed by atoms with Crippen LogP contribution in [0.15, 0.2) is 0 Å². The Morgan fingerprint density at radius 1 is 1.50 bits per heavy atom. The number of hydrogen-bond donors (Lipinski definition) is 0. The van der Waals surface area contributed by atoms with Crippen molar-refractivity contribution in [1.82, 2.24) is 4.90 Å². The summed E-state index contributed by atoms with van der Waals surface area (Å²) in [7, 11) is 3.96. The van der Waals surface area contributed by atoms with E-state index in [2.05, 4.69) is 6.07 Å². The van der Waals surface area contributed by atoms with Crippen LogP contribution < -0.4 is 0 Å². The fourth-order valence-electron chi connectivity index (χ4n) is 1.40. The first-order chi connectivity index (χ1) is 4.75. The predicted octanol–water partition coefficient (Wildman–Crippen LogP) is 1.24. The lowest BCUT2D eigenvalue weighted by Crippen LogP contribution is -2.37. The third-order valence-corrected chi connectivity index (χ3v) is 2.28. The van der Waals surface area contributed by atoms with Crippen molar-refractivity contribution in [2.75, 3.05) is 14.1 Å². The molecule has 0 N–H and O–H groups in total. The number of nitriles is 1. The normalized spacial score (nSPS) is 21.8. The molecule has 0 bridgehead atoms. The highest BCUT2D eigenvalue weighted by molar-refractivity contribution is 4.97. The van der Waals surface area contributed by atoms with Gasteiger partial charge in [0.2, 0.25) is 0 Å². The quantitative estimate of drug-likeness (QED) is 0.574. The van der Waals surface area contributed by atoms with Crippen LogP contribution in [0.4, 0.5) is 0 Å². The van der Waals surface area contributed by atoms with Crippen molar-refractivity contribution in [2.45, 2.75) is 25.3 Å². The number of nitrogens with zero attached hydrogens (tertiary/aromatic N) is 2. The summed E-state index contributed by atoms with van der Waals surface area (Å²) in [6.07, 6.45) is 3.81. The second-order valence-electron chi connectivity index (χ2n) is 3.23. The van der Waals surface area contributed by atoms with Crippen LogP contribution in [0, 0.1) is 17.2 Å². The molecule has 1 unspecified atom stereocenters. The molecule has 0 spiro atoms. The Morgan fingerprint density at radius 3 is 2.20 bits per heavy atom. The third kappa shape index (κ3) is 1.30. The van der Waals surface area contributed by atoms with Crippen LogP contribution in [0.2, 0.25) is 0 Å². The second kappa shape index (κ2) is 3.03. The highest BCUT2D eigenvalue weighted by Crippen LogP contribution is 2.30. The van der Waals surface area contributed by atoms with Gasteiger partial charge in [-0.2, -0.15) is 5.26 Å². The van der Waals surface area contributed by atoms with E-state index in [9.17, 15) is 0 Å². The first-order valence-corrected chi connectivity index (χ1v) is 3.81. The Labute approximate surface area is 62.4 Å². The second-order valence-corrected chi connectivity index (χ2v) is 3.23. The van der Waals surface area contributed by atoms with Gasteiger partial charge < -0.3 is 0 Å². The zero-order chi connectivity index (χ0) is 7.56. The van der Waals surface area contributed by atoms with E-state index in [1.54, 1.807) is 0 Å². The van der Waals surface area contributed by atoms with Crippen molar-refractivity contribution >= 4 is 0 Å². The Bertz CT molecular complexity index is 142. The van der Waals surface area contributed by atoms with E-state index in [1.807, 2.05) is 19.0 Å². The van der Waals surface area contributed by atoms with Crippen LogP contribution in [0.25, 0.3) is 0 Å². The summed E-state index contributed by atoms with van der Waals surface area (Å²) in [5, 5.41) is 8.74. The van der Waals surface area contributed by atoms with Gasteiger partial charge in [-0.05, 0) is 32.9 Å². The molecule has 10 heavy (non-hydrogen) atoms. The lowest BCUT2D eigenvalue weighted by molar-refractivity contribution is 0.181. The lowest BCUT2D eigenvalue weighted by Gasteiger charge is -2.33. The third-order valence-electron chi connectivity index (χ3n) is 2.28. The van der Waals surface area contributed by atoms with Crippen molar-refractivity contribution in [1.29, 1.82) is 5.26 Å². The molecular weight excluding hydrogens is 124 g/mol. The fourth-order valence-corrected chi connectivity index (χ4v) is 1.40. The van der Waals surface area contributed by atoms with Gasteiger partial charge in [0.15, 0.2) is 0 Å². The molecule has 0 aromatic heterocycles. The minimum Gasteiger partial charge on any atom is -0.294 e. The molecule has 1 aliphatic carbocycles. The summed E-state index contributed by atoms with van der Waals surface area (Å²) in [6, 6.07) is 2.49. The van der Waals surface area contributed by atoms with Gasteiger partial charge in [0, 0.05) is 0 Å². The summed E-state index contributed by atoms with van der Waals surface area (Å²) in [5.41, 5.74) is 0. The smallest absolute Gasteiger partial charge is 0.100 e. The molecule has 0 aliphatic heterocycles. The summed E-state index contributed by atoms with van der Waals surface area (Å²) < 4.78 is 0. The maximum absolute atomic E-state index is 8.74.